The van der Waals surface area contributed by atoms with Crippen molar-refractivity contribution in [2.75, 3.05) is 7.11 Å². The van der Waals surface area contributed by atoms with E-state index in [-0.39, 0.29) is 5.54 Å². The average molecular weight is 281 g/mol. The summed E-state index contributed by atoms with van der Waals surface area (Å²) in [6, 6.07) is 12.9. The van der Waals surface area contributed by atoms with Crippen LogP contribution in [0.3, 0.4) is 0 Å². The summed E-state index contributed by atoms with van der Waals surface area (Å²) < 4.78 is 5.39. The molecule has 0 radical (unpaired) electrons. The largest absolute Gasteiger partial charge is 0.497 e. The molecule has 0 aromatic heterocycles. The van der Waals surface area contributed by atoms with Gasteiger partial charge in [-0.3, -0.25) is 0 Å². The molecule has 2 aliphatic rings. The summed E-state index contributed by atoms with van der Waals surface area (Å²) in [6.45, 7) is 0. The van der Waals surface area contributed by atoms with Gasteiger partial charge in [-0.15, -0.1) is 0 Å². The lowest BCUT2D eigenvalue weighted by atomic mass is 9.95. The molecule has 2 aromatic carbocycles. The fourth-order valence-electron chi connectivity index (χ4n) is 4.49. The highest BCUT2D eigenvalue weighted by Gasteiger charge is 2.61. The monoisotopic (exact) mass is 281 g/mol. The van der Waals surface area contributed by atoms with Gasteiger partial charge in [-0.25, -0.2) is 0 Å². The van der Waals surface area contributed by atoms with Crippen LogP contribution in [0, 0.1) is 11.8 Å². The lowest BCUT2D eigenvalue weighted by Crippen LogP contribution is -2.29. The Balaban J connectivity index is 1.70. The number of methoxy groups -OCH3 is 1. The van der Waals surface area contributed by atoms with Gasteiger partial charge in [0.1, 0.15) is 5.75 Å². The van der Waals surface area contributed by atoms with Crippen molar-refractivity contribution in [2.45, 2.75) is 37.6 Å². The fraction of sp³-hybridized carbons (Fsp3) is 0.474. The molecule has 2 nitrogen and oxygen atoms in total. The van der Waals surface area contributed by atoms with Gasteiger partial charge in [0.2, 0.25) is 0 Å². The predicted octanol–water partition coefficient (Wildman–Crippen LogP) is 3.91. The maximum Gasteiger partial charge on any atom is 0.119 e. The molecule has 2 atom stereocenters. The topological polar surface area (TPSA) is 35.2 Å². The van der Waals surface area contributed by atoms with Crippen LogP contribution in [0.5, 0.6) is 5.75 Å². The summed E-state index contributed by atoms with van der Waals surface area (Å²) in [5, 5.41) is 2.57. The molecular formula is C19H23NO. The third-order valence-corrected chi connectivity index (χ3v) is 5.71. The van der Waals surface area contributed by atoms with E-state index in [9.17, 15) is 0 Å². The second-order valence-corrected chi connectivity index (χ2v) is 6.79. The van der Waals surface area contributed by atoms with Crippen LogP contribution in [0.15, 0.2) is 36.4 Å². The molecule has 0 heterocycles. The zero-order valence-electron chi connectivity index (χ0n) is 12.6. The van der Waals surface area contributed by atoms with Gasteiger partial charge in [0, 0.05) is 5.54 Å². The van der Waals surface area contributed by atoms with Crippen LogP contribution in [0.2, 0.25) is 0 Å². The van der Waals surface area contributed by atoms with Gasteiger partial charge in [-0.2, -0.15) is 0 Å². The van der Waals surface area contributed by atoms with E-state index in [0.29, 0.717) is 0 Å². The molecule has 110 valence electrons. The van der Waals surface area contributed by atoms with Crippen molar-refractivity contribution in [1.82, 2.24) is 0 Å². The van der Waals surface area contributed by atoms with Crippen molar-refractivity contribution in [1.29, 1.82) is 0 Å². The molecule has 0 saturated heterocycles. The quantitative estimate of drug-likeness (QED) is 0.925. The van der Waals surface area contributed by atoms with Crippen LogP contribution >= 0.6 is 0 Å². The minimum atomic E-state index is 0.0495. The van der Waals surface area contributed by atoms with Crippen molar-refractivity contribution in [3.63, 3.8) is 0 Å². The molecule has 0 spiro atoms. The zero-order valence-corrected chi connectivity index (χ0v) is 12.6. The minimum absolute atomic E-state index is 0.0495. The number of fused-ring (bicyclic) bond motifs is 2. The first-order chi connectivity index (χ1) is 10.2. The van der Waals surface area contributed by atoms with E-state index in [2.05, 4.69) is 30.3 Å². The third kappa shape index (κ3) is 2.04. The molecule has 2 fully saturated rings. The van der Waals surface area contributed by atoms with Crippen LogP contribution in [-0.2, 0) is 6.42 Å². The minimum Gasteiger partial charge on any atom is -0.497 e. The van der Waals surface area contributed by atoms with Gasteiger partial charge in [0.05, 0.1) is 7.11 Å². The van der Waals surface area contributed by atoms with Crippen LogP contribution < -0.4 is 10.5 Å². The lowest BCUT2D eigenvalue weighted by Gasteiger charge is -2.15. The number of nitrogens with two attached hydrogens (primary N) is 1. The molecule has 2 N–H and O–H groups in total. The first-order valence-electron chi connectivity index (χ1n) is 8.07. The normalized spacial score (nSPS) is 31.0. The predicted molar refractivity (Wildman–Crippen MR) is 86.6 cm³/mol. The maximum absolute atomic E-state index is 6.76. The summed E-state index contributed by atoms with van der Waals surface area (Å²) in [5.74, 6) is 2.44. The summed E-state index contributed by atoms with van der Waals surface area (Å²) in [6.07, 6.45) is 6.39. The summed E-state index contributed by atoms with van der Waals surface area (Å²) in [4.78, 5) is 0. The standard InChI is InChI=1S/C19H23NO/c1-21-15-10-9-13-5-4-6-14(16(13)11-15)12-19(20)17-7-2-3-8-18(17)19/h4-6,9-11,17-18H,2-3,7-8,12,20H2,1H3. The molecule has 2 heteroatoms. The van der Waals surface area contributed by atoms with Gasteiger partial charge >= 0.3 is 0 Å². The number of ether oxygens (including phenoxy) is 1. The van der Waals surface area contributed by atoms with Gasteiger partial charge < -0.3 is 10.5 Å². The van der Waals surface area contributed by atoms with Gasteiger partial charge in [-0.05, 0) is 59.6 Å². The molecule has 2 unspecified atom stereocenters. The van der Waals surface area contributed by atoms with Crippen molar-refractivity contribution < 1.29 is 4.74 Å². The highest BCUT2D eigenvalue weighted by atomic mass is 16.5. The van der Waals surface area contributed by atoms with E-state index in [1.165, 1.54) is 42.0 Å². The highest BCUT2D eigenvalue weighted by molar-refractivity contribution is 5.87. The van der Waals surface area contributed by atoms with Crippen LogP contribution in [0.1, 0.15) is 31.2 Å². The molecule has 0 aliphatic heterocycles. The lowest BCUT2D eigenvalue weighted by molar-refractivity contribution is 0.415. The van der Waals surface area contributed by atoms with Crippen molar-refractivity contribution >= 4 is 10.8 Å². The van der Waals surface area contributed by atoms with E-state index >= 15 is 0 Å². The molecule has 2 aliphatic carbocycles. The van der Waals surface area contributed by atoms with E-state index in [1.54, 1.807) is 7.11 Å². The number of hydrogen-bond acceptors (Lipinski definition) is 2. The molecule has 21 heavy (non-hydrogen) atoms. The van der Waals surface area contributed by atoms with E-state index in [0.717, 1.165) is 24.0 Å². The van der Waals surface area contributed by atoms with Gasteiger partial charge in [0.15, 0.2) is 0 Å². The Bertz CT molecular complexity index is 666. The van der Waals surface area contributed by atoms with Crippen LogP contribution in [-0.4, -0.2) is 12.6 Å². The van der Waals surface area contributed by atoms with Crippen molar-refractivity contribution in [3.05, 3.63) is 42.0 Å². The molecule has 2 aromatic rings. The second-order valence-electron chi connectivity index (χ2n) is 6.79. The van der Waals surface area contributed by atoms with Crippen molar-refractivity contribution in [2.24, 2.45) is 17.6 Å². The Morgan fingerprint density at radius 2 is 1.90 bits per heavy atom. The SMILES string of the molecule is COc1ccc2cccc(CC3(N)C4CCCCC43)c2c1. The number of benzene rings is 2. The van der Waals surface area contributed by atoms with E-state index < -0.39 is 0 Å². The molecule has 4 rings (SSSR count). The Hall–Kier alpha value is -1.54. The summed E-state index contributed by atoms with van der Waals surface area (Å²) in [5.41, 5.74) is 8.19. The third-order valence-electron chi connectivity index (χ3n) is 5.71. The zero-order chi connectivity index (χ0) is 14.4. The Labute approximate surface area is 126 Å². The van der Waals surface area contributed by atoms with Gasteiger partial charge in [-0.1, -0.05) is 37.1 Å². The Morgan fingerprint density at radius 1 is 1.14 bits per heavy atom. The summed E-state index contributed by atoms with van der Waals surface area (Å²) >= 11 is 0. The van der Waals surface area contributed by atoms with E-state index in [1.807, 2.05) is 6.07 Å². The van der Waals surface area contributed by atoms with Crippen LogP contribution in [0.4, 0.5) is 0 Å². The van der Waals surface area contributed by atoms with Crippen molar-refractivity contribution in [3.8, 4) is 5.75 Å². The molecule has 0 amide bonds. The fourth-order valence-corrected chi connectivity index (χ4v) is 4.49. The molecular weight excluding hydrogens is 258 g/mol. The summed E-state index contributed by atoms with van der Waals surface area (Å²) in [7, 11) is 1.73. The second kappa shape index (κ2) is 4.74. The first-order valence-corrected chi connectivity index (χ1v) is 8.07. The highest BCUT2D eigenvalue weighted by Crippen LogP contribution is 2.58. The smallest absolute Gasteiger partial charge is 0.119 e. The molecule has 0 bridgehead atoms. The Kier molecular flexibility index (Phi) is 2.97. The maximum atomic E-state index is 6.76. The molecule has 2 saturated carbocycles. The number of hydrogen-bond donors (Lipinski definition) is 1. The average Bonchev–Trinajstić information content (AvgIpc) is 3.12. The van der Waals surface area contributed by atoms with E-state index in [4.69, 9.17) is 10.5 Å². The first kappa shape index (κ1) is 13.1. The Morgan fingerprint density at radius 3 is 2.62 bits per heavy atom. The number of rotatable bonds is 3. The van der Waals surface area contributed by atoms with Gasteiger partial charge in [0.25, 0.3) is 0 Å². The van der Waals surface area contributed by atoms with Crippen LogP contribution in [0.25, 0.3) is 10.8 Å².